The van der Waals surface area contributed by atoms with Crippen LogP contribution in [0.25, 0.3) is 0 Å². The zero-order valence-corrected chi connectivity index (χ0v) is 8.74. The Hall–Kier alpha value is -1.35. The van der Waals surface area contributed by atoms with Crippen LogP contribution < -0.4 is 0 Å². The van der Waals surface area contributed by atoms with Gasteiger partial charge in [-0.05, 0) is 44.8 Å². The SMILES string of the molecule is Cc1cc(C(=O)CN(C)C)ccc1O. The van der Waals surface area contributed by atoms with E-state index in [1.165, 1.54) is 0 Å². The smallest absolute Gasteiger partial charge is 0.176 e. The number of carbonyl (C=O) groups excluding carboxylic acids is 1. The summed E-state index contributed by atoms with van der Waals surface area (Å²) in [5, 5.41) is 9.29. The van der Waals surface area contributed by atoms with Crippen molar-refractivity contribution in [3.63, 3.8) is 0 Å². The number of aryl methyl sites for hydroxylation is 1. The summed E-state index contributed by atoms with van der Waals surface area (Å²) in [7, 11) is 3.70. The standard InChI is InChI=1S/C11H15NO2/c1-8-6-9(4-5-10(8)13)11(14)7-12(2)3/h4-6,13H,7H2,1-3H3. The highest BCUT2D eigenvalue weighted by Crippen LogP contribution is 2.17. The van der Waals surface area contributed by atoms with Crippen LogP contribution in [0.4, 0.5) is 0 Å². The highest BCUT2D eigenvalue weighted by Gasteiger charge is 2.08. The Morgan fingerprint density at radius 1 is 1.43 bits per heavy atom. The maximum Gasteiger partial charge on any atom is 0.176 e. The fourth-order valence-electron chi connectivity index (χ4n) is 1.21. The number of rotatable bonds is 3. The third-order valence-electron chi connectivity index (χ3n) is 1.98. The molecule has 3 nitrogen and oxygen atoms in total. The number of carbonyl (C=O) groups is 1. The molecular weight excluding hydrogens is 178 g/mol. The van der Waals surface area contributed by atoms with Gasteiger partial charge in [-0.3, -0.25) is 4.79 Å². The third kappa shape index (κ3) is 2.57. The first-order valence-corrected chi connectivity index (χ1v) is 4.48. The minimum Gasteiger partial charge on any atom is -0.508 e. The quantitative estimate of drug-likeness (QED) is 0.738. The highest BCUT2D eigenvalue weighted by atomic mass is 16.3. The summed E-state index contributed by atoms with van der Waals surface area (Å²) in [6.07, 6.45) is 0. The second-order valence-corrected chi connectivity index (χ2v) is 3.66. The van der Waals surface area contributed by atoms with Gasteiger partial charge in [0.25, 0.3) is 0 Å². The lowest BCUT2D eigenvalue weighted by Crippen LogP contribution is -2.21. The van der Waals surface area contributed by atoms with Gasteiger partial charge in [-0.2, -0.15) is 0 Å². The van der Waals surface area contributed by atoms with E-state index in [1.54, 1.807) is 25.1 Å². The van der Waals surface area contributed by atoms with E-state index in [4.69, 9.17) is 0 Å². The molecule has 1 rings (SSSR count). The first kappa shape index (κ1) is 10.7. The molecule has 0 aliphatic rings. The Kier molecular flexibility index (Phi) is 3.25. The summed E-state index contributed by atoms with van der Waals surface area (Å²) < 4.78 is 0. The summed E-state index contributed by atoms with van der Waals surface area (Å²) in [5.74, 6) is 0.296. The van der Waals surface area contributed by atoms with Gasteiger partial charge in [0, 0.05) is 5.56 Å². The number of likely N-dealkylation sites (N-methyl/N-ethyl adjacent to an activating group) is 1. The van der Waals surface area contributed by atoms with Crippen molar-refractivity contribution < 1.29 is 9.90 Å². The van der Waals surface area contributed by atoms with Crippen molar-refractivity contribution in [2.45, 2.75) is 6.92 Å². The van der Waals surface area contributed by atoms with Crippen molar-refractivity contribution in [2.24, 2.45) is 0 Å². The maximum atomic E-state index is 11.6. The van der Waals surface area contributed by atoms with Crippen molar-refractivity contribution in [1.29, 1.82) is 0 Å². The van der Waals surface area contributed by atoms with E-state index in [1.807, 2.05) is 19.0 Å². The van der Waals surface area contributed by atoms with Crippen LogP contribution in [-0.2, 0) is 0 Å². The van der Waals surface area contributed by atoms with Gasteiger partial charge in [0.1, 0.15) is 5.75 Å². The van der Waals surface area contributed by atoms with Crippen molar-refractivity contribution in [3.8, 4) is 5.75 Å². The van der Waals surface area contributed by atoms with E-state index in [2.05, 4.69) is 0 Å². The molecule has 3 heteroatoms. The van der Waals surface area contributed by atoms with Crippen LogP contribution in [0.2, 0.25) is 0 Å². The van der Waals surface area contributed by atoms with Gasteiger partial charge in [-0.25, -0.2) is 0 Å². The first-order chi connectivity index (χ1) is 6.50. The van der Waals surface area contributed by atoms with Crippen LogP contribution >= 0.6 is 0 Å². The van der Waals surface area contributed by atoms with Crippen molar-refractivity contribution in [2.75, 3.05) is 20.6 Å². The monoisotopic (exact) mass is 193 g/mol. The average Bonchev–Trinajstić information content (AvgIpc) is 2.08. The van der Waals surface area contributed by atoms with Gasteiger partial charge in [0.15, 0.2) is 5.78 Å². The van der Waals surface area contributed by atoms with E-state index in [0.29, 0.717) is 12.1 Å². The Balaban J connectivity index is 2.86. The number of aromatic hydroxyl groups is 1. The van der Waals surface area contributed by atoms with E-state index in [-0.39, 0.29) is 11.5 Å². The molecule has 0 bridgehead atoms. The molecule has 0 spiro atoms. The zero-order valence-electron chi connectivity index (χ0n) is 8.74. The van der Waals surface area contributed by atoms with E-state index >= 15 is 0 Å². The molecule has 0 aromatic heterocycles. The summed E-state index contributed by atoms with van der Waals surface area (Å²) in [6.45, 7) is 2.17. The van der Waals surface area contributed by atoms with Gasteiger partial charge < -0.3 is 10.0 Å². The van der Waals surface area contributed by atoms with Crippen LogP contribution in [0, 0.1) is 6.92 Å². The fraction of sp³-hybridized carbons (Fsp3) is 0.364. The number of ketones is 1. The van der Waals surface area contributed by atoms with Gasteiger partial charge in [0.05, 0.1) is 6.54 Å². The molecule has 0 atom stereocenters. The molecule has 0 saturated heterocycles. The molecule has 0 aliphatic heterocycles. The van der Waals surface area contributed by atoms with Crippen molar-refractivity contribution >= 4 is 5.78 Å². The average molecular weight is 193 g/mol. The normalized spacial score (nSPS) is 10.6. The Labute approximate surface area is 84.0 Å². The summed E-state index contributed by atoms with van der Waals surface area (Å²) >= 11 is 0. The number of nitrogens with zero attached hydrogens (tertiary/aromatic N) is 1. The first-order valence-electron chi connectivity index (χ1n) is 4.48. The zero-order chi connectivity index (χ0) is 10.7. The number of hydrogen-bond donors (Lipinski definition) is 1. The molecule has 0 saturated carbocycles. The molecule has 76 valence electrons. The molecule has 0 fully saturated rings. The van der Waals surface area contributed by atoms with E-state index in [9.17, 15) is 9.90 Å². The number of phenolic OH excluding ortho intramolecular Hbond substituents is 1. The Morgan fingerprint density at radius 3 is 2.57 bits per heavy atom. The molecule has 0 unspecified atom stereocenters. The number of benzene rings is 1. The molecule has 0 aliphatic carbocycles. The molecular formula is C11H15NO2. The predicted molar refractivity (Wildman–Crippen MR) is 55.7 cm³/mol. The molecule has 1 aromatic carbocycles. The molecule has 0 heterocycles. The second-order valence-electron chi connectivity index (χ2n) is 3.66. The molecule has 1 N–H and O–H groups in total. The molecule has 1 aromatic rings. The lowest BCUT2D eigenvalue weighted by atomic mass is 10.1. The van der Waals surface area contributed by atoms with Crippen molar-refractivity contribution in [1.82, 2.24) is 4.90 Å². The maximum absolute atomic E-state index is 11.6. The Bertz CT molecular complexity index is 345. The van der Waals surface area contributed by atoms with Crippen LogP contribution in [0.1, 0.15) is 15.9 Å². The number of phenols is 1. The highest BCUT2D eigenvalue weighted by molar-refractivity contribution is 5.97. The van der Waals surface area contributed by atoms with Gasteiger partial charge in [-0.1, -0.05) is 0 Å². The van der Waals surface area contributed by atoms with Gasteiger partial charge in [0.2, 0.25) is 0 Å². The van der Waals surface area contributed by atoms with Gasteiger partial charge >= 0.3 is 0 Å². The molecule has 14 heavy (non-hydrogen) atoms. The van der Waals surface area contributed by atoms with Crippen LogP contribution in [0.5, 0.6) is 5.75 Å². The second kappa shape index (κ2) is 4.24. The fourth-order valence-corrected chi connectivity index (χ4v) is 1.21. The molecule has 0 radical (unpaired) electrons. The summed E-state index contributed by atoms with van der Waals surface area (Å²) in [6, 6.07) is 4.91. The largest absolute Gasteiger partial charge is 0.508 e. The minimum atomic E-state index is 0.0677. The van der Waals surface area contributed by atoms with Crippen LogP contribution in [0.15, 0.2) is 18.2 Å². The van der Waals surface area contributed by atoms with Crippen LogP contribution in [-0.4, -0.2) is 36.4 Å². The third-order valence-corrected chi connectivity index (χ3v) is 1.98. The van der Waals surface area contributed by atoms with E-state index in [0.717, 1.165) is 5.56 Å². The Morgan fingerprint density at radius 2 is 2.07 bits per heavy atom. The number of Topliss-reactive ketones (excluding diaryl/α,β-unsaturated/α-hetero) is 1. The van der Waals surface area contributed by atoms with E-state index < -0.39 is 0 Å². The summed E-state index contributed by atoms with van der Waals surface area (Å²) in [4.78, 5) is 13.4. The minimum absolute atomic E-state index is 0.0677. The predicted octanol–water partition coefficient (Wildman–Crippen LogP) is 1.44. The van der Waals surface area contributed by atoms with Crippen LogP contribution in [0.3, 0.4) is 0 Å². The molecule has 0 amide bonds. The van der Waals surface area contributed by atoms with Gasteiger partial charge in [-0.15, -0.1) is 0 Å². The lowest BCUT2D eigenvalue weighted by molar-refractivity contribution is 0.0958. The number of hydrogen-bond acceptors (Lipinski definition) is 3. The summed E-state index contributed by atoms with van der Waals surface area (Å²) in [5.41, 5.74) is 1.38. The van der Waals surface area contributed by atoms with Crippen molar-refractivity contribution in [3.05, 3.63) is 29.3 Å². The lowest BCUT2D eigenvalue weighted by Gasteiger charge is -2.08. The topological polar surface area (TPSA) is 40.5 Å².